The molecule has 0 aliphatic rings. The molecule has 0 fully saturated rings. The summed E-state index contributed by atoms with van der Waals surface area (Å²) in [6.07, 6.45) is 1.06. The highest BCUT2D eigenvalue weighted by molar-refractivity contribution is 7.92. The van der Waals surface area contributed by atoms with Gasteiger partial charge in [-0.1, -0.05) is 49.7 Å². The fourth-order valence-corrected chi connectivity index (χ4v) is 4.19. The van der Waals surface area contributed by atoms with E-state index in [0.717, 1.165) is 21.7 Å². The largest absolute Gasteiger partial charge is 0.354 e. The van der Waals surface area contributed by atoms with Gasteiger partial charge in [0.1, 0.15) is 12.6 Å². The molecule has 2 aromatic carbocycles. The van der Waals surface area contributed by atoms with E-state index >= 15 is 0 Å². The molecule has 0 aliphatic heterocycles. The van der Waals surface area contributed by atoms with Crippen LogP contribution in [0.5, 0.6) is 0 Å². The van der Waals surface area contributed by atoms with Gasteiger partial charge in [0, 0.05) is 18.1 Å². The average Bonchev–Trinajstić information content (AvgIpc) is 2.73. The van der Waals surface area contributed by atoms with Crippen molar-refractivity contribution in [2.24, 2.45) is 5.92 Å². The Bertz CT molecular complexity index is 1070. The molecule has 7 nitrogen and oxygen atoms in total. The van der Waals surface area contributed by atoms with Crippen molar-refractivity contribution in [1.29, 1.82) is 0 Å². The van der Waals surface area contributed by atoms with Crippen LogP contribution in [-0.2, 0) is 26.2 Å². The van der Waals surface area contributed by atoms with E-state index in [1.54, 1.807) is 49.4 Å². The molecule has 0 aromatic heterocycles. The summed E-state index contributed by atoms with van der Waals surface area (Å²) in [5, 5.41) is 3.41. The number of aryl methyl sites for hydroxylation is 1. The number of carbonyl (C=O) groups is 2. The number of anilines is 1. The second-order valence-corrected chi connectivity index (χ2v) is 10.9. The first-order valence-electron chi connectivity index (χ1n) is 10.7. The van der Waals surface area contributed by atoms with E-state index in [-0.39, 0.29) is 18.4 Å². The van der Waals surface area contributed by atoms with Crippen LogP contribution in [-0.4, -0.2) is 50.5 Å². The van der Waals surface area contributed by atoms with E-state index in [4.69, 9.17) is 11.6 Å². The van der Waals surface area contributed by atoms with Crippen molar-refractivity contribution in [3.63, 3.8) is 0 Å². The van der Waals surface area contributed by atoms with Gasteiger partial charge in [-0.15, -0.1) is 0 Å². The lowest BCUT2D eigenvalue weighted by Crippen LogP contribution is -2.51. The van der Waals surface area contributed by atoms with Crippen molar-refractivity contribution in [1.82, 2.24) is 10.2 Å². The SMILES string of the molecule is Cc1cccc(N(CC(=O)N(Cc2ccc(Cl)cc2)[C@H](C)C(=O)NCC(C)C)S(C)(=O)=O)c1. The quantitative estimate of drug-likeness (QED) is 0.547. The molecule has 0 radical (unpaired) electrons. The monoisotopic (exact) mass is 493 g/mol. The molecular formula is C24H32ClN3O4S. The number of hydrogen-bond donors (Lipinski definition) is 1. The highest BCUT2D eigenvalue weighted by Crippen LogP contribution is 2.20. The second kappa shape index (κ2) is 11.5. The van der Waals surface area contributed by atoms with Gasteiger partial charge in [0.05, 0.1) is 11.9 Å². The van der Waals surface area contributed by atoms with Crippen molar-refractivity contribution in [3.8, 4) is 0 Å². The molecule has 0 heterocycles. The maximum atomic E-state index is 13.4. The van der Waals surface area contributed by atoms with Gasteiger partial charge in [-0.3, -0.25) is 13.9 Å². The van der Waals surface area contributed by atoms with Gasteiger partial charge in [-0.2, -0.15) is 0 Å². The number of hydrogen-bond acceptors (Lipinski definition) is 4. The maximum absolute atomic E-state index is 13.4. The molecule has 1 N–H and O–H groups in total. The van der Waals surface area contributed by atoms with Crippen molar-refractivity contribution in [2.75, 3.05) is 23.7 Å². The number of rotatable bonds is 10. The Morgan fingerprint density at radius 3 is 2.24 bits per heavy atom. The summed E-state index contributed by atoms with van der Waals surface area (Å²) < 4.78 is 26.1. The van der Waals surface area contributed by atoms with Gasteiger partial charge in [0.15, 0.2) is 0 Å². The van der Waals surface area contributed by atoms with Gasteiger partial charge in [-0.05, 0) is 55.2 Å². The Morgan fingerprint density at radius 2 is 1.70 bits per heavy atom. The zero-order chi connectivity index (χ0) is 24.8. The van der Waals surface area contributed by atoms with Crippen LogP contribution >= 0.6 is 11.6 Å². The summed E-state index contributed by atoms with van der Waals surface area (Å²) >= 11 is 5.98. The molecule has 0 spiro atoms. The van der Waals surface area contributed by atoms with E-state index in [9.17, 15) is 18.0 Å². The molecule has 2 rings (SSSR count). The predicted molar refractivity (Wildman–Crippen MR) is 133 cm³/mol. The topological polar surface area (TPSA) is 86.8 Å². The first kappa shape index (κ1) is 26.7. The minimum Gasteiger partial charge on any atom is -0.354 e. The Labute approximate surface area is 201 Å². The van der Waals surface area contributed by atoms with Gasteiger partial charge in [0.2, 0.25) is 21.8 Å². The van der Waals surface area contributed by atoms with Crippen LogP contribution in [0.25, 0.3) is 0 Å². The average molecular weight is 494 g/mol. The van der Waals surface area contributed by atoms with E-state index in [1.807, 2.05) is 26.8 Å². The molecule has 0 saturated heterocycles. The number of benzene rings is 2. The Balaban J connectivity index is 2.35. The van der Waals surface area contributed by atoms with Gasteiger partial charge in [0.25, 0.3) is 0 Å². The van der Waals surface area contributed by atoms with E-state index in [2.05, 4.69) is 5.32 Å². The molecular weight excluding hydrogens is 462 g/mol. The molecule has 33 heavy (non-hydrogen) atoms. The summed E-state index contributed by atoms with van der Waals surface area (Å²) in [6.45, 7) is 7.64. The lowest BCUT2D eigenvalue weighted by atomic mass is 10.1. The molecule has 1 atom stereocenters. The third-order valence-corrected chi connectivity index (χ3v) is 6.48. The molecule has 0 saturated carbocycles. The fourth-order valence-electron chi connectivity index (χ4n) is 3.22. The second-order valence-electron chi connectivity index (χ2n) is 8.57. The van der Waals surface area contributed by atoms with Crippen molar-refractivity contribution in [3.05, 3.63) is 64.7 Å². The van der Waals surface area contributed by atoms with Crippen molar-refractivity contribution in [2.45, 2.75) is 40.3 Å². The molecule has 2 amide bonds. The Hall–Kier alpha value is -2.58. The van der Waals surface area contributed by atoms with Crippen LogP contribution in [0.2, 0.25) is 5.02 Å². The fraction of sp³-hybridized carbons (Fsp3) is 0.417. The molecule has 180 valence electrons. The summed E-state index contributed by atoms with van der Waals surface area (Å²) in [5.74, 6) is -0.528. The van der Waals surface area contributed by atoms with Crippen LogP contribution in [0.1, 0.15) is 31.9 Å². The van der Waals surface area contributed by atoms with Gasteiger partial charge < -0.3 is 10.2 Å². The smallest absolute Gasteiger partial charge is 0.244 e. The van der Waals surface area contributed by atoms with Gasteiger partial charge >= 0.3 is 0 Å². The number of halogens is 1. The summed E-state index contributed by atoms with van der Waals surface area (Å²) in [4.78, 5) is 27.6. The van der Waals surface area contributed by atoms with Crippen LogP contribution in [0, 0.1) is 12.8 Å². The maximum Gasteiger partial charge on any atom is 0.244 e. The molecule has 0 bridgehead atoms. The van der Waals surface area contributed by atoms with E-state index in [1.165, 1.54) is 4.90 Å². The lowest BCUT2D eigenvalue weighted by molar-refractivity contribution is -0.139. The third-order valence-electron chi connectivity index (χ3n) is 5.09. The number of nitrogens with zero attached hydrogens (tertiary/aromatic N) is 2. The van der Waals surface area contributed by atoms with Crippen LogP contribution < -0.4 is 9.62 Å². The normalized spacial score (nSPS) is 12.3. The lowest BCUT2D eigenvalue weighted by Gasteiger charge is -2.31. The zero-order valence-electron chi connectivity index (χ0n) is 19.7. The van der Waals surface area contributed by atoms with Gasteiger partial charge in [-0.25, -0.2) is 8.42 Å². The third kappa shape index (κ3) is 8.05. The van der Waals surface area contributed by atoms with E-state index < -0.39 is 28.5 Å². The molecule has 0 aliphatic carbocycles. The van der Waals surface area contributed by atoms with Crippen LogP contribution in [0.4, 0.5) is 5.69 Å². The molecule has 2 aromatic rings. The standard InChI is InChI=1S/C24H32ClN3O4S/c1-17(2)14-26-24(30)19(4)27(15-20-9-11-21(25)12-10-20)23(29)16-28(33(5,31)32)22-8-6-7-18(3)13-22/h6-13,17,19H,14-16H2,1-5H3,(H,26,30)/t19-/m1/s1. The Kier molecular flexibility index (Phi) is 9.31. The minimum atomic E-state index is -3.74. The Morgan fingerprint density at radius 1 is 1.06 bits per heavy atom. The summed E-state index contributed by atoms with van der Waals surface area (Å²) in [5.41, 5.74) is 2.04. The first-order chi connectivity index (χ1) is 15.4. The number of amides is 2. The molecule has 9 heteroatoms. The molecule has 0 unspecified atom stereocenters. The summed E-state index contributed by atoms with van der Waals surface area (Å²) in [7, 11) is -3.74. The number of carbonyl (C=O) groups excluding carboxylic acids is 2. The van der Waals surface area contributed by atoms with Crippen LogP contribution in [0.3, 0.4) is 0 Å². The van der Waals surface area contributed by atoms with Crippen molar-refractivity contribution < 1.29 is 18.0 Å². The van der Waals surface area contributed by atoms with E-state index in [0.29, 0.717) is 17.3 Å². The minimum absolute atomic E-state index is 0.137. The highest BCUT2D eigenvalue weighted by Gasteiger charge is 2.30. The zero-order valence-corrected chi connectivity index (χ0v) is 21.3. The first-order valence-corrected chi connectivity index (χ1v) is 13.0. The number of sulfonamides is 1. The van der Waals surface area contributed by atoms with Crippen molar-refractivity contribution >= 4 is 39.1 Å². The summed E-state index contributed by atoms with van der Waals surface area (Å²) in [6, 6.07) is 13.1. The van der Waals surface area contributed by atoms with Crippen LogP contribution in [0.15, 0.2) is 48.5 Å². The predicted octanol–water partition coefficient (Wildman–Crippen LogP) is 3.60. The highest BCUT2D eigenvalue weighted by atomic mass is 35.5. The number of nitrogens with one attached hydrogen (secondary N) is 1.